The Bertz CT molecular complexity index is 1170. The average Bonchev–Trinajstić information content (AvgIpc) is 3.27. The van der Waals surface area contributed by atoms with Crippen LogP contribution >= 0.6 is 11.8 Å². The first kappa shape index (κ1) is 21.6. The fourth-order valence-corrected chi connectivity index (χ4v) is 3.97. The molecule has 0 saturated carbocycles. The Hall–Kier alpha value is -3.58. The van der Waals surface area contributed by atoms with Crippen LogP contribution in [0.2, 0.25) is 0 Å². The van der Waals surface area contributed by atoms with Crippen LogP contribution in [-0.4, -0.2) is 33.5 Å². The van der Waals surface area contributed by atoms with Gasteiger partial charge in [0.25, 0.3) is 0 Å². The number of hydrogen-bond acceptors (Lipinski definition) is 5. The van der Waals surface area contributed by atoms with E-state index in [-0.39, 0.29) is 11.7 Å². The van der Waals surface area contributed by atoms with E-state index < -0.39 is 0 Å². The highest BCUT2D eigenvalue weighted by molar-refractivity contribution is 7.99. The van der Waals surface area contributed by atoms with Crippen LogP contribution in [0, 0.1) is 6.92 Å². The van der Waals surface area contributed by atoms with Gasteiger partial charge >= 0.3 is 0 Å². The van der Waals surface area contributed by atoms with Gasteiger partial charge in [0.05, 0.1) is 12.9 Å². The zero-order valence-corrected chi connectivity index (χ0v) is 18.8. The van der Waals surface area contributed by atoms with Gasteiger partial charge in [-0.25, -0.2) is 0 Å². The number of amides is 1. The van der Waals surface area contributed by atoms with Crippen LogP contribution in [0.3, 0.4) is 0 Å². The topological polar surface area (TPSA) is 69.0 Å². The van der Waals surface area contributed by atoms with Crippen molar-refractivity contribution in [1.29, 1.82) is 0 Å². The third kappa shape index (κ3) is 5.18. The Morgan fingerprint density at radius 3 is 2.38 bits per heavy atom. The number of thioether (sulfide) groups is 1. The summed E-state index contributed by atoms with van der Waals surface area (Å²) in [6.07, 6.45) is 0. The lowest BCUT2D eigenvalue weighted by atomic mass is 10.2. The van der Waals surface area contributed by atoms with Crippen LogP contribution in [0.5, 0.6) is 5.75 Å². The van der Waals surface area contributed by atoms with E-state index >= 15 is 0 Å². The number of ether oxygens (including phenoxy) is 1. The molecule has 0 atom stereocenters. The molecule has 4 aromatic rings. The standard InChI is InChI=1S/C25H24N4O2S/c1-18-8-12-21(13-9-18)29-24(20-6-4-3-5-7-20)27-28-25(29)32-17-23(30)26-16-19-10-14-22(31-2)15-11-19/h3-15H,16-17H2,1-2H3,(H,26,30). The third-order valence-electron chi connectivity index (χ3n) is 4.94. The molecule has 32 heavy (non-hydrogen) atoms. The maximum Gasteiger partial charge on any atom is 0.230 e. The lowest BCUT2D eigenvalue weighted by molar-refractivity contribution is -0.118. The molecule has 0 saturated heterocycles. The van der Waals surface area contributed by atoms with Crippen molar-refractivity contribution in [2.75, 3.05) is 12.9 Å². The van der Waals surface area contributed by atoms with Gasteiger partial charge in [-0.2, -0.15) is 0 Å². The second kappa shape index (κ2) is 10.2. The lowest BCUT2D eigenvalue weighted by Crippen LogP contribution is -2.24. The van der Waals surface area contributed by atoms with Gasteiger partial charge in [-0.05, 0) is 36.8 Å². The lowest BCUT2D eigenvalue weighted by Gasteiger charge is -2.11. The van der Waals surface area contributed by atoms with Crippen molar-refractivity contribution in [3.05, 3.63) is 90.0 Å². The first-order valence-corrected chi connectivity index (χ1v) is 11.2. The van der Waals surface area contributed by atoms with Crippen molar-refractivity contribution < 1.29 is 9.53 Å². The summed E-state index contributed by atoms with van der Waals surface area (Å²) < 4.78 is 7.16. The van der Waals surface area contributed by atoms with E-state index in [1.165, 1.54) is 17.3 Å². The molecular formula is C25H24N4O2S. The number of aromatic nitrogens is 3. The summed E-state index contributed by atoms with van der Waals surface area (Å²) in [5.74, 6) is 1.72. The van der Waals surface area contributed by atoms with Gasteiger partial charge in [-0.3, -0.25) is 9.36 Å². The molecule has 4 rings (SSSR count). The van der Waals surface area contributed by atoms with Crippen molar-refractivity contribution >= 4 is 17.7 Å². The summed E-state index contributed by atoms with van der Waals surface area (Å²) in [4.78, 5) is 12.5. The number of carbonyl (C=O) groups is 1. The fourth-order valence-electron chi connectivity index (χ4n) is 3.19. The molecule has 162 valence electrons. The Morgan fingerprint density at radius 2 is 1.69 bits per heavy atom. The number of carbonyl (C=O) groups excluding carboxylic acids is 1. The zero-order chi connectivity index (χ0) is 22.3. The number of rotatable bonds is 8. The van der Waals surface area contributed by atoms with E-state index in [0.717, 1.165) is 28.4 Å². The Labute approximate surface area is 191 Å². The van der Waals surface area contributed by atoms with Gasteiger partial charge in [0, 0.05) is 17.8 Å². The van der Waals surface area contributed by atoms with Crippen LogP contribution in [0.1, 0.15) is 11.1 Å². The molecule has 1 heterocycles. The first-order chi connectivity index (χ1) is 15.6. The fraction of sp³-hybridized carbons (Fsp3) is 0.160. The molecule has 0 bridgehead atoms. The third-order valence-corrected chi connectivity index (χ3v) is 5.87. The van der Waals surface area contributed by atoms with Gasteiger partial charge in [0.2, 0.25) is 5.91 Å². The van der Waals surface area contributed by atoms with E-state index in [0.29, 0.717) is 11.7 Å². The minimum atomic E-state index is -0.0643. The first-order valence-electron chi connectivity index (χ1n) is 10.2. The molecule has 0 radical (unpaired) electrons. The minimum Gasteiger partial charge on any atom is -0.497 e. The molecule has 1 amide bonds. The predicted molar refractivity (Wildman–Crippen MR) is 127 cm³/mol. The van der Waals surface area contributed by atoms with E-state index in [1.807, 2.05) is 71.3 Å². The van der Waals surface area contributed by atoms with Gasteiger partial charge in [0.15, 0.2) is 11.0 Å². The highest BCUT2D eigenvalue weighted by Gasteiger charge is 2.17. The summed E-state index contributed by atoms with van der Waals surface area (Å²) in [6, 6.07) is 25.8. The molecule has 0 aliphatic rings. The van der Waals surface area contributed by atoms with Crippen LogP contribution in [0.15, 0.2) is 84.0 Å². The number of nitrogens with one attached hydrogen (secondary N) is 1. The molecule has 0 unspecified atom stereocenters. The van der Waals surface area contributed by atoms with Crippen molar-refractivity contribution in [3.8, 4) is 22.8 Å². The maximum absolute atomic E-state index is 12.5. The summed E-state index contributed by atoms with van der Waals surface area (Å²) in [6.45, 7) is 2.51. The van der Waals surface area contributed by atoms with Crippen LogP contribution in [0.4, 0.5) is 0 Å². The number of methoxy groups -OCH3 is 1. The molecular weight excluding hydrogens is 420 g/mol. The molecule has 1 aromatic heterocycles. The summed E-state index contributed by atoms with van der Waals surface area (Å²) in [5, 5.41) is 12.4. The van der Waals surface area contributed by atoms with Crippen molar-refractivity contribution in [2.24, 2.45) is 0 Å². The largest absolute Gasteiger partial charge is 0.497 e. The van der Waals surface area contributed by atoms with Crippen LogP contribution in [0.25, 0.3) is 17.1 Å². The quantitative estimate of drug-likeness (QED) is 0.400. The Balaban J connectivity index is 1.48. The average molecular weight is 445 g/mol. The van der Waals surface area contributed by atoms with E-state index in [1.54, 1.807) is 7.11 Å². The molecule has 0 aliphatic carbocycles. The van der Waals surface area contributed by atoms with E-state index in [4.69, 9.17) is 4.74 Å². The summed E-state index contributed by atoms with van der Waals surface area (Å²) in [5.41, 5.74) is 4.12. The molecule has 0 spiro atoms. The highest BCUT2D eigenvalue weighted by Crippen LogP contribution is 2.28. The molecule has 1 N–H and O–H groups in total. The summed E-state index contributed by atoms with van der Waals surface area (Å²) in [7, 11) is 1.63. The monoisotopic (exact) mass is 444 g/mol. The Kier molecular flexibility index (Phi) is 6.87. The maximum atomic E-state index is 12.5. The molecule has 0 aliphatic heterocycles. The molecule has 3 aromatic carbocycles. The van der Waals surface area contributed by atoms with Crippen LogP contribution < -0.4 is 10.1 Å². The number of aryl methyl sites for hydroxylation is 1. The van der Waals surface area contributed by atoms with Crippen molar-refractivity contribution in [1.82, 2.24) is 20.1 Å². The molecule has 0 fully saturated rings. The minimum absolute atomic E-state index is 0.0643. The zero-order valence-electron chi connectivity index (χ0n) is 18.0. The number of hydrogen-bond donors (Lipinski definition) is 1. The van der Waals surface area contributed by atoms with Gasteiger partial charge < -0.3 is 10.1 Å². The SMILES string of the molecule is COc1ccc(CNC(=O)CSc2nnc(-c3ccccc3)n2-c2ccc(C)cc2)cc1. The smallest absolute Gasteiger partial charge is 0.230 e. The van der Waals surface area contributed by atoms with Gasteiger partial charge in [-0.15, -0.1) is 10.2 Å². The number of benzene rings is 3. The van der Waals surface area contributed by atoms with Crippen molar-refractivity contribution in [3.63, 3.8) is 0 Å². The second-order valence-corrected chi connectivity index (χ2v) is 8.20. The molecule has 6 nitrogen and oxygen atoms in total. The van der Waals surface area contributed by atoms with E-state index in [2.05, 4.69) is 34.6 Å². The number of nitrogens with zero attached hydrogens (tertiary/aromatic N) is 3. The normalized spacial score (nSPS) is 10.7. The van der Waals surface area contributed by atoms with Crippen molar-refractivity contribution in [2.45, 2.75) is 18.6 Å². The van der Waals surface area contributed by atoms with Crippen LogP contribution in [-0.2, 0) is 11.3 Å². The highest BCUT2D eigenvalue weighted by atomic mass is 32.2. The predicted octanol–water partition coefficient (Wildman–Crippen LogP) is 4.66. The second-order valence-electron chi connectivity index (χ2n) is 7.26. The molecule has 7 heteroatoms. The van der Waals surface area contributed by atoms with Gasteiger partial charge in [0.1, 0.15) is 5.75 Å². The van der Waals surface area contributed by atoms with E-state index in [9.17, 15) is 4.79 Å². The summed E-state index contributed by atoms with van der Waals surface area (Å²) >= 11 is 1.37. The Morgan fingerprint density at radius 1 is 0.969 bits per heavy atom. The van der Waals surface area contributed by atoms with Gasteiger partial charge in [-0.1, -0.05) is 71.9 Å².